The molecule has 2 aliphatic rings. The molecule has 0 radical (unpaired) electrons. The summed E-state index contributed by atoms with van der Waals surface area (Å²) in [4.78, 5) is 63.5. The van der Waals surface area contributed by atoms with Crippen LogP contribution in [0.3, 0.4) is 0 Å². The van der Waals surface area contributed by atoms with Gasteiger partial charge >= 0.3 is 13.8 Å². The number of benzene rings is 1. The number of amides is 2. The molecule has 0 aliphatic carbocycles. The second-order valence-electron chi connectivity index (χ2n) is 10.4. The maximum absolute atomic E-state index is 13.6. The van der Waals surface area contributed by atoms with E-state index in [1.165, 1.54) is 16.0 Å². The van der Waals surface area contributed by atoms with Gasteiger partial charge in [-0.25, -0.2) is 9.78 Å². The van der Waals surface area contributed by atoms with Crippen molar-refractivity contribution in [3.05, 3.63) is 42.1 Å². The summed E-state index contributed by atoms with van der Waals surface area (Å²) in [6.07, 6.45) is -0.219. The molecule has 2 aromatic rings. The molecule has 3 N–H and O–H groups in total. The number of ether oxygens (including phenoxy) is 2. The monoisotopic (exact) mass is 635 g/mol. The number of rotatable bonds is 14. The van der Waals surface area contributed by atoms with Crippen molar-refractivity contribution < 1.29 is 47.8 Å². The minimum absolute atomic E-state index is 0.0587. The minimum Gasteiger partial charge on any atom is -0.472 e. The zero-order valence-corrected chi connectivity index (χ0v) is 25.4. The highest BCUT2D eigenvalue weighted by atomic mass is 31.2. The zero-order valence-electron chi connectivity index (χ0n) is 24.5. The summed E-state index contributed by atoms with van der Waals surface area (Å²) in [5.74, 6) is -0.795. The standard InChI is InChI=1S/C28H38N5O10P/c1-2-3-15-41-44(38,39)17-10-22(27(35)32-11-13-33(14-12-32)43-28(36)37)30-26(34)23-18-24(42-21-9-16-40-19-21)31-25(29-23)20-7-5-4-6-8-20/h4-8,18,21-22H,2-3,9-17,19H2,1H3,(H,30,34)(H,36,37)(H,38,39)/t21-,22-/m0/s1. The predicted molar refractivity (Wildman–Crippen MR) is 156 cm³/mol. The highest BCUT2D eigenvalue weighted by molar-refractivity contribution is 7.52. The Labute approximate surface area is 254 Å². The molecule has 1 aromatic heterocycles. The van der Waals surface area contributed by atoms with Gasteiger partial charge in [-0.3, -0.25) is 14.2 Å². The summed E-state index contributed by atoms with van der Waals surface area (Å²) in [5.41, 5.74) is 0.589. The van der Waals surface area contributed by atoms with E-state index >= 15 is 0 Å². The SMILES string of the molecule is CCCCOP(=O)(O)CC[C@H](NC(=O)c1cc(O[C@H]2CCOC2)nc(-c2ccccc2)n1)C(=O)N1CCN(OC(=O)O)CC1. The quantitative estimate of drug-likeness (QED) is 0.203. The van der Waals surface area contributed by atoms with Gasteiger partial charge in [0.1, 0.15) is 17.8 Å². The molecule has 2 aliphatic heterocycles. The Morgan fingerprint density at radius 2 is 1.91 bits per heavy atom. The number of nitrogens with zero attached hydrogens (tertiary/aromatic N) is 4. The molecule has 3 atom stereocenters. The zero-order chi connectivity index (χ0) is 31.5. The van der Waals surface area contributed by atoms with Crippen molar-refractivity contribution in [3.63, 3.8) is 0 Å². The number of carbonyl (C=O) groups is 3. The Kier molecular flexibility index (Phi) is 12.0. The lowest BCUT2D eigenvalue weighted by molar-refractivity contribution is -0.154. The summed E-state index contributed by atoms with van der Waals surface area (Å²) in [5, 5.41) is 12.8. The molecule has 4 rings (SSSR count). The molecule has 1 aromatic carbocycles. The number of piperazine rings is 1. The van der Waals surface area contributed by atoms with Gasteiger partial charge in [0, 0.05) is 31.1 Å². The normalized spacial score (nSPS) is 19.1. The lowest BCUT2D eigenvalue weighted by atomic mass is 10.1. The summed E-state index contributed by atoms with van der Waals surface area (Å²) < 4.78 is 29.2. The van der Waals surface area contributed by atoms with Crippen LogP contribution in [-0.2, 0) is 23.5 Å². The Hall–Kier alpha value is -3.62. The number of carboxylic acid groups (broad SMARTS) is 1. The summed E-state index contributed by atoms with van der Waals surface area (Å²) in [6, 6.07) is 9.21. The maximum atomic E-state index is 13.6. The average molecular weight is 636 g/mol. The first-order chi connectivity index (χ1) is 21.1. The van der Waals surface area contributed by atoms with Crippen molar-refractivity contribution >= 4 is 25.6 Å². The number of hydrogen-bond donors (Lipinski definition) is 3. The molecule has 1 unspecified atom stereocenters. The molecular formula is C28H38N5O10P. The van der Waals surface area contributed by atoms with Gasteiger partial charge in [0.25, 0.3) is 5.91 Å². The van der Waals surface area contributed by atoms with Crippen LogP contribution >= 0.6 is 7.60 Å². The third-order valence-electron chi connectivity index (χ3n) is 6.99. The number of unbranched alkanes of at least 4 members (excludes halogenated alkanes) is 1. The second-order valence-corrected chi connectivity index (χ2v) is 12.3. The van der Waals surface area contributed by atoms with E-state index in [4.69, 9.17) is 19.1 Å². The predicted octanol–water partition coefficient (Wildman–Crippen LogP) is 2.56. The molecule has 3 heterocycles. The molecule has 0 bridgehead atoms. The topological polar surface area (TPSA) is 190 Å². The van der Waals surface area contributed by atoms with Crippen molar-refractivity contribution in [2.75, 3.05) is 52.2 Å². The highest BCUT2D eigenvalue weighted by Crippen LogP contribution is 2.43. The van der Waals surface area contributed by atoms with E-state index in [0.29, 0.717) is 31.6 Å². The Morgan fingerprint density at radius 3 is 2.57 bits per heavy atom. The van der Waals surface area contributed by atoms with E-state index in [2.05, 4.69) is 20.1 Å². The summed E-state index contributed by atoms with van der Waals surface area (Å²) >= 11 is 0. The lowest BCUT2D eigenvalue weighted by Gasteiger charge is -2.35. The number of carbonyl (C=O) groups excluding carboxylic acids is 2. The lowest BCUT2D eigenvalue weighted by Crippen LogP contribution is -2.55. The van der Waals surface area contributed by atoms with Crippen LogP contribution in [0.5, 0.6) is 5.88 Å². The molecule has 44 heavy (non-hydrogen) atoms. The highest BCUT2D eigenvalue weighted by Gasteiger charge is 2.33. The maximum Gasteiger partial charge on any atom is 0.525 e. The van der Waals surface area contributed by atoms with Crippen molar-refractivity contribution in [1.82, 2.24) is 25.2 Å². The molecule has 16 heteroatoms. The van der Waals surface area contributed by atoms with Gasteiger partial charge in [-0.05, 0) is 12.8 Å². The van der Waals surface area contributed by atoms with Crippen LogP contribution < -0.4 is 10.1 Å². The molecule has 240 valence electrons. The van der Waals surface area contributed by atoms with Gasteiger partial charge in [-0.1, -0.05) is 43.7 Å². The third-order valence-corrected chi connectivity index (χ3v) is 8.40. The van der Waals surface area contributed by atoms with Crippen LogP contribution in [-0.4, -0.2) is 112 Å². The van der Waals surface area contributed by atoms with Crippen LogP contribution in [0.2, 0.25) is 0 Å². The molecule has 2 saturated heterocycles. The molecule has 0 spiro atoms. The van der Waals surface area contributed by atoms with Gasteiger partial charge in [0.05, 0.1) is 39.1 Å². The minimum atomic E-state index is -4.04. The van der Waals surface area contributed by atoms with E-state index in [-0.39, 0.29) is 68.9 Å². The molecule has 0 saturated carbocycles. The van der Waals surface area contributed by atoms with Crippen LogP contribution in [0.4, 0.5) is 4.79 Å². The van der Waals surface area contributed by atoms with Gasteiger partial charge in [0.2, 0.25) is 11.8 Å². The van der Waals surface area contributed by atoms with E-state index in [9.17, 15) is 23.8 Å². The van der Waals surface area contributed by atoms with E-state index in [1.807, 2.05) is 25.1 Å². The van der Waals surface area contributed by atoms with Gasteiger partial charge in [-0.15, -0.1) is 5.06 Å². The third kappa shape index (κ3) is 9.96. The summed E-state index contributed by atoms with van der Waals surface area (Å²) in [7, 11) is -4.04. The van der Waals surface area contributed by atoms with Crippen molar-refractivity contribution in [2.45, 2.75) is 44.8 Å². The van der Waals surface area contributed by atoms with Crippen molar-refractivity contribution in [3.8, 4) is 17.3 Å². The van der Waals surface area contributed by atoms with Gasteiger partial charge in [-0.2, -0.15) is 4.98 Å². The fourth-order valence-electron chi connectivity index (χ4n) is 4.62. The van der Waals surface area contributed by atoms with Crippen LogP contribution in [0.1, 0.15) is 43.1 Å². The Bertz CT molecular complexity index is 1320. The number of nitrogens with one attached hydrogen (secondary N) is 1. The first-order valence-electron chi connectivity index (χ1n) is 14.5. The largest absolute Gasteiger partial charge is 0.525 e. The number of hydroxylamine groups is 2. The average Bonchev–Trinajstić information content (AvgIpc) is 3.52. The first-order valence-corrected chi connectivity index (χ1v) is 16.3. The molecule has 2 fully saturated rings. The van der Waals surface area contributed by atoms with Crippen molar-refractivity contribution in [2.24, 2.45) is 0 Å². The Morgan fingerprint density at radius 1 is 1.16 bits per heavy atom. The van der Waals surface area contributed by atoms with Gasteiger partial charge < -0.3 is 39.1 Å². The van der Waals surface area contributed by atoms with E-state index in [0.717, 1.165) is 6.42 Å². The number of hydrogen-bond acceptors (Lipinski definition) is 11. The summed E-state index contributed by atoms with van der Waals surface area (Å²) in [6.45, 7) is 3.43. The van der Waals surface area contributed by atoms with Crippen LogP contribution in [0, 0.1) is 0 Å². The van der Waals surface area contributed by atoms with Gasteiger partial charge in [0.15, 0.2) is 5.82 Å². The fraction of sp³-hybridized carbons (Fsp3) is 0.536. The van der Waals surface area contributed by atoms with E-state index in [1.54, 1.807) is 12.1 Å². The van der Waals surface area contributed by atoms with Crippen molar-refractivity contribution in [1.29, 1.82) is 0 Å². The molecule has 2 amide bonds. The van der Waals surface area contributed by atoms with Crippen LogP contribution in [0.25, 0.3) is 11.4 Å². The molecular weight excluding hydrogens is 597 g/mol. The smallest absolute Gasteiger partial charge is 0.472 e. The number of aromatic nitrogens is 2. The fourth-order valence-corrected chi connectivity index (χ4v) is 5.75. The molecule has 15 nitrogen and oxygen atoms in total. The first kappa shape index (κ1) is 33.3. The van der Waals surface area contributed by atoms with Crippen LogP contribution in [0.15, 0.2) is 36.4 Å². The Balaban J connectivity index is 1.54. The van der Waals surface area contributed by atoms with E-state index < -0.39 is 31.6 Å². The second kappa shape index (κ2) is 15.9.